The fraction of sp³-hybridized carbons (Fsp3) is 0.455. The van der Waals surface area contributed by atoms with Crippen LogP contribution in [-0.4, -0.2) is 31.1 Å². The Morgan fingerprint density at radius 3 is 2.95 bits per heavy atom. The highest BCUT2D eigenvalue weighted by molar-refractivity contribution is 7.10. The van der Waals surface area contributed by atoms with E-state index in [0.717, 1.165) is 23.5 Å². The molecule has 0 bridgehead atoms. The Kier molecular flexibility index (Phi) is 2.94. The van der Waals surface area contributed by atoms with Gasteiger partial charge in [0.2, 0.25) is 5.95 Å². The van der Waals surface area contributed by atoms with Gasteiger partial charge in [0.1, 0.15) is 11.3 Å². The first-order valence-electron chi connectivity index (χ1n) is 6.03. The summed E-state index contributed by atoms with van der Waals surface area (Å²) in [5.74, 6) is 0.221. The standard InChI is InChI=1S/C11H14N6OS/c1-6-8(10(19-16-6)14-7-3-4-7)9(18)15-11-12-5-13-17(11)2/h5,7,14H,3-4H2,1-2H3,(H,12,13,15,18). The number of aromatic nitrogens is 4. The SMILES string of the molecule is Cc1nsc(NC2CC2)c1C(=O)Nc1ncnn1C. The summed E-state index contributed by atoms with van der Waals surface area (Å²) >= 11 is 1.32. The van der Waals surface area contributed by atoms with E-state index in [-0.39, 0.29) is 5.91 Å². The van der Waals surface area contributed by atoms with Crippen molar-refractivity contribution in [2.45, 2.75) is 25.8 Å². The van der Waals surface area contributed by atoms with Gasteiger partial charge in [-0.2, -0.15) is 14.5 Å². The maximum Gasteiger partial charge on any atom is 0.262 e. The van der Waals surface area contributed by atoms with Crippen molar-refractivity contribution >= 4 is 28.4 Å². The summed E-state index contributed by atoms with van der Waals surface area (Å²) in [7, 11) is 1.73. The predicted molar refractivity (Wildman–Crippen MR) is 72.5 cm³/mol. The van der Waals surface area contributed by atoms with E-state index < -0.39 is 0 Å². The molecular weight excluding hydrogens is 264 g/mol. The number of nitrogens with one attached hydrogen (secondary N) is 2. The highest BCUT2D eigenvalue weighted by atomic mass is 32.1. The van der Waals surface area contributed by atoms with Crippen LogP contribution in [0.25, 0.3) is 0 Å². The Labute approximate surface area is 114 Å². The summed E-state index contributed by atoms with van der Waals surface area (Å²) in [5.41, 5.74) is 1.33. The summed E-state index contributed by atoms with van der Waals surface area (Å²) in [6.07, 6.45) is 3.71. The smallest absolute Gasteiger partial charge is 0.262 e. The molecule has 2 N–H and O–H groups in total. The second-order valence-electron chi connectivity index (χ2n) is 4.55. The fourth-order valence-corrected chi connectivity index (χ4v) is 2.59. The van der Waals surface area contributed by atoms with Crippen LogP contribution < -0.4 is 10.6 Å². The molecule has 7 nitrogen and oxygen atoms in total. The number of carbonyl (C=O) groups is 1. The van der Waals surface area contributed by atoms with Gasteiger partial charge in [-0.3, -0.25) is 10.1 Å². The normalized spacial score (nSPS) is 14.4. The van der Waals surface area contributed by atoms with Gasteiger partial charge in [-0.15, -0.1) is 0 Å². The van der Waals surface area contributed by atoms with Crippen LogP contribution in [0.5, 0.6) is 0 Å². The van der Waals surface area contributed by atoms with Gasteiger partial charge in [-0.05, 0) is 31.3 Å². The fourth-order valence-electron chi connectivity index (χ4n) is 1.72. The van der Waals surface area contributed by atoms with E-state index in [1.807, 2.05) is 6.92 Å². The lowest BCUT2D eigenvalue weighted by Gasteiger charge is -2.06. The Balaban J connectivity index is 1.82. The third-order valence-electron chi connectivity index (χ3n) is 2.94. The molecule has 0 unspecified atom stereocenters. The zero-order chi connectivity index (χ0) is 13.4. The van der Waals surface area contributed by atoms with E-state index >= 15 is 0 Å². The van der Waals surface area contributed by atoms with Gasteiger partial charge < -0.3 is 5.32 Å². The number of hydrogen-bond donors (Lipinski definition) is 2. The molecule has 1 aliphatic rings. The van der Waals surface area contributed by atoms with Crippen molar-refractivity contribution < 1.29 is 4.79 Å². The van der Waals surface area contributed by atoms with Gasteiger partial charge in [0, 0.05) is 13.1 Å². The number of carbonyl (C=O) groups excluding carboxylic acids is 1. The van der Waals surface area contributed by atoms with Gasteiger partial charge >= 0.3 is 0 Å². The molecule has 0 aliphatic heterocycles. The maximum absolute atomic E-state index is 12.3. The number of rotatable bonds is 4. The van der Waals surface area contributed by atoms with Crippen LogP contribution in [-0.2, 0) is 7.05 Å². The highest BCUT2D eigenvalue weighted by Gasteiger charge is 2.26. The minimum Gasteiger partial charge on any atom is -0.372 e. The molecule has 3 rings (SSSR count). The van der Waals surface area contributed by atoms with E-state index in [4.69, 9.17) is 0 Å². The molecular formula is C11H14N6OS. The second kappa shape index (κ2) is 4.61. The number of nitrogens with zero attached hydrogens (tertiary/aromatic N) is 4. The number of hydrogen-bond acceptors (Lipinski definition) is 6. The van der Waals surface area contributed by atoms with E-state index in [1.165, 1.54) is 22.5 Å². The van der Waals surface area contributed by atoms with E-state index in [1.54, 1.807) is 7.05 Å². The van der Waals surface area contributed by atoms with Crippen molar-refractivity contribution in [2.75, 3.05) is 10.6 Å². The van der Waals surface area contributed by atoms with Gasteiger partial charge in [0.15, 0.2) is 0 Å². The van der Waals surface area contributed by atoms with Crippen LogP contribution >= 0.6 is 11.5 Å². The van der Waals surface area contributed by atoms with Crippen LogP contribution in [0.4, 0.5) is 10.9 Å². The molecule has 19 heavy (non-hydrogen) atoms. The second-order valence-corrected chi connectivity index (χ2v) is 5.33. The molecule has 2 aromatic rings. The summed E-state index contributed by atoms with van der Waals surface area (Å²) < 4.78 is 5.76. The molecule has 0 aromatic carbocycles. The topological polar surface area (TPSA) is 84.7 Å². The van der Waals surface area contributed by atoms with Crippen molar-refractivity contribution in [3.05, 3.63) is 17.6 Å². The van der Waals surface area contributed by atoms with Gasteiger partial charge in [-0.25, -0.2) is 4.68 Å². The molecule has 0 atom stereocenters. The van der Waals surface area contributed by atoms with Crippen molar-refractivity contribution in [3.63, 3.8) is 0 Å². The summed E-state index contributed by atoms with van der Waals surface area (Å²) in [5, 5.41) is 10.8. The average Bonchev–Trinajstić information content (AvgIpc) is 2.99. The van der Waals surface area contributed by atoms with Crippen LogP contribution in [0.2, 0.25) is 0 Å². The van der Waals surface area contributed by atoms with E-state index in [2.05, 4.69) is 25.1 Å². The third kappa shape index (κ3) is 2.43. The predicted octanol–water partition coefficient (Wildman–Crippen LogP) is 1.41. The summed E-state index contributed by atoms with van der Waals surface area (Å²) in [6.45, 7) is 1.83. The van der Waals surface area contributed by atoms with E-state index in [9.17, 15) is 4.79 Å². The van der Waals surface area contributed by atoms with Gasteiger partial charge in [0.25, 0.3) is 5.91 Å². The lowest BCUT2D eigenvalue weighted by molar-refractivity contribution is 0.102. The Morgan fingerprint density at radius 2 is 2.32 bits per heavy atom. The first-order valence-corrected chi connectivity index (χ1v) is 6.80. The van der Waals surface area contributed by atoms with Gasteiger partial charge in [0.05, 0.1) is 11.3 Å². The van der Waals surface area contributed by atoms with Gasteiger partial charge in [-0.1, -0.05) is 0 Å². The monoisotopic (exact) mass is 278 g/mol. The van der Waals surface area contributed by atoms with Crippen molar-refractivity contribution in [1.29, 1.82) is 0 Å². The summed E-state index contributed by atoms with van der Waals surface area (Å²) in [4.78, 5) is 16.3. The molecule has 1 amide bonds. The molecule has 1 fully saturated rings. The van der Waals surface area contributed by atoms with Crippen LogP contribution in [0, 0.1) is 6.92 Å². The molecule has 8 heteroatoms. The van der Waals surface area contributed by atoms with Crippen LogP contribution in [0.3, 0.4) is 0 Å². The highest BCUT2D eigenvalue weighted by Crippen LogP contribution is 2.31. The third-order valence-corrected chi connectivity index (χ3v) is 3.81. The average molecular weight is 278 g/mol. The Morgan fingerprint density at radius 1 is 1.53 bits per heavy atom. The number of amides is 1. The van der Waals surface area contributed by atoms with Crippen molar-refractivity contribution in [3.8, 4) is 0 Å². The number of aryl methyl sites for hydroxylation is 2. The molecule has 2 heterocycles. The molecule has 2 aromatic heterocycles. The van der Waals surface area contributed by atoms with Crippen molar-refractivity contribution in [1.82, 2.24) is 19.1 Å². The lowest BCUT2D eigenvalue weighted by Crippen LogP contribution is -2.17. The zero-order valence-corrected chi connectivity index (χ0v) is 11.5. The zero-order valence-electron chi connectivity index (χ0n) is 10.7. The summed E-state index contributed by atoms with van der Waals surface area (Å²) in [6, 6.07) is 0.487. The number of anilines is 2. The molecule has 0 saturated heterocycles. The Bertz CT molecular complexity index is 614. The van der Waals surface area contributed by atoms with E-state index in [0.29, 0.717) is 17.6 Å². The minimum atomic E-state index is -0.203. The first-order chi connectivity index (χ1) is 9.15. The lowest BCUT2D eigenvalue weighted by atomic mass is 10.2. The molecule has 100 valence electrons. The van der Waals surface area contributed by atoms with Crippen LogP contribution in [0.15, 0.2) is 6.33 Å². The maximum atomic E-state index is 12.3. The first kappa shape index (κ1) is 12.1. The van der Waals surface area contributed by atoms with Crippen LogP contribution in [0.1, 0.15) is 28.9 Å². The minimum absolute atomic E-state index is 0.203. The quantitative estimate of drug-likeness (QED) is 0.883. The molecule has 0 radical (unpaired) electrons. The van der Waals surface area contributed by atoms with Crippen molar-refractivity contribution in [2.24, 2.45) is 7.05 Å². The largest absolute Gasteiger partial charge is 0.372 e. The molecule has 1 saturated carbocycles. The molecule has 0 spiro atoms. The Hall–Kier alpha value is -1.96. The molecule has 1 aliphatic carbocycles.